The largest absolute Gasteiger partial charge is 0.381 e. The van der Waals surface area contributed by atoms with Crippen LogP contribution >= 0.6 is 0 Å². The average Bonchev–Trinajstić information content (AvgIpc) is 2.33. The first-order valence-electron chi connectivity index (χ1n) is 7.57. The second kappa shape index (κ2) is 9.90. The van der Waals surface area contributed by atoms with Crippen LogP contribution in [0.3, 0.4) is 0 Å². The maximum absolute atomic E-state index is 5.47. The van der Waals surface area contributed by atoms with Crippen LogP contribution in [0.2, 0.25) is 0 Å². The number of rotatable bonds is 9. The quantitative estimate of drug-likeness (QED) is 0.623. The van der Waals surface area contributed by atoms with Gasteiger partial charge >= 0.3 is 0 Å². The molecular weight excluding hydrogens is 210 g/mol. The van der Waals surface area contributed by atoms with E-state index in [2.05, 4.69) is 19.2 Å². The van der Waals surface area contributed by atoms with Crippen molar-refractivity contribution in [1.82, 2.24) is 5.32 Å². The molecule has 0 aromatic heterocycles. The van der Waals surface area contributed by atoms with Crippen LogP contribution in [0.1, 0.15) is 58.8 Å². The maximum Gasteiger partial charge on any atom is 0.0506 e. The van der Waals surface area contributed by atoms with Gasteiger partial charge in [-0.1, -0.05) is 39.5 Å². The molecule has 1 fully saturated rings. The van der Waals surface area contributed by atoms with Crippen LogP contribution in [-0.2, 0) is 4.74 Å². The SMILES string of the molecule is CC(C)CCCCCCNCC1CCCOC1. The maximum atomic E-state index is 5.47. The van der Waals surface area contributed by atoms with Crippen LogP contribution in [0, 0.1) is 11.8 Å². The Labute approximate surface area is 108 Å². The first-order chi connectivity index (χ1) is 8.29. The first-order valence-corrected chi connectivity index (χ1v) is 7.57. The van der Waals surface area contributed by atoms with Crippen LogP contribution in [0.4, 0.5) is 0 Å². The van der Waals surface area contributed by atoms with Crippen LogP contribution in [-0.4, -0.2) is 26.3 Å². The third kappa shape index (κ3) is 8.62. The third-order valence-corrected chi connectivity index (χ3v) is 3.57. The third-order valence-electron chi connectivity index (χ3n) is 3.57. The number of hydrogen-bond acceptors (Lipinski definition) is 2. The summed E-state index contributed by atoms with van der Waals surface area (Å²) in [5.74, 6) is 1.64. The average molecular weight is 241 g/mol. The second-order valence-corrected chi connectivity index (χ2v) is 5.88. The van der Waals surface area contributed by atoms with Gasteiger partial charge in [-0.25, -0.2) is 0 Å². The van der Waals surface area contributed by atoms with E-state index in [0.717, 1.165) is 31.6 Å². The van der Waals surface area contributed by atoms with E-state index in [1.807, 2.05) is 0 Å². The molecule has 102 valence electrons. The minimum Gasteiger partial charge on any atom is -0.381 e. The minimum absolute atomic E-state index is 0.768. The topological polar surface area (TPSA) is 21.3 Å². The zero-order valence-electron chi connectivity index (χ0n) is 11.8. The summed E-state index contributed by atoms with van der Waals surface area (Å²) in [5, 5.41) is 3.57. The Kier molecular flexibility index (Phi) is 8.72. The Hall–Kier alpha value is -0.0800. The molecule has 1 atom stereocenters. The smallest absolute Gasteiger partial charge is 0.0506 e. The molecule has 0 aliphatic carbocycles. The molecule has 0 radical (unpaired) electrons. The molecule has 2 nitrogen and oxygen atoms in total. The summed E-state index contributed by atoms with van der Waals surface area (Å²) in [6.07, 6.45) is 9.54. The Morgan fingerprint density at radius 2 is 2.00 bits per heavy atom. The number of nitrogens with one attached hydrogen (secondary N) is 1. The highest BCUT2D eigenvalue weighted by atomic mass is 16.5. The number of ether oxygens (including phenoxy) is 1. The van der Waals surface area contributed by atoms with Gasteiger partial charge in [-0.15, -0.1) is 0 Å². The number of unbranched alkanes of at least 4 members (excludes halogenated alkanes) is 3. The Morgan fingerprint density at radius 1 is 1.18 bits per heavy atom. The van der Waals surface area contributed by atoms with Crippen molar-refractivity contribution in [3.8, 4) is 0 Å². The van der Waals surface area contributed by atoms with Crippen molar-refractivity contribution in [2.75, 3.05) is 26.3 Å². The molecule has 0 spiro atoms. The molecule has 0 aromatic carbocycles. The molecule has 0 amide bonds. The Balaban J connectivity index is 1.78. The Morgan fingerprint density at radius 3 is 2.71 bits per heavy atom. The van der Waals surface area contributed by atoms with Gasteiger partial charge in [0.15, 0.2) is 0 Å². The van der Waals surface area contributed by atoms with E-state index in [0.29, 0.717) is 0 Å². The van der Waals surface area contributed by atoms with Gasteiger partial charge in [0, 0.05) is 13.2 Å². The van der Waals surface area contributed by atoms with Crippen molar-refractivity contribution in [3.05, 3.63) is 0 Å². The predicted molar refractivity (Wildman–Crippen MR) is 74.3 cm³/mol. The highest BCUT2D eigenvalue weighted by molar-refractivity contribution is 4.65. The monoisotopic (exact) mass is 241 g/mol. The van der Waals surface area contributed by atoms with Crippen LogP contribution in [0.15, 0.2) is 0 Å². The first kappa shape index (κ1) is 15.0. The van der Waals surface area contributed by atoms with Crippen molar-refractivity contribution in [2.45, 2.75) is 58.8 Å². The van der Waals surface area contributed by atoms with E-state index in [1.54, 1.807) is 0 Å². The molecule has 0 bridgehead atoms. The molecule has 0 saturated carbocycles. The van der Waals surface area contributed by atoms with E-state index in [-0.39, 0.29) is 0 Å². The molecule has 1 heterocycles. The molecule has 1 unspecified atom stereocenters. The fraction of sp³-hybridized carbons (Fsp3) is 1.00. The zero-order chi connectivity index (χ0) is 12.3. The van der Waals surface area contributed by atoms with Crippen molar-refractivity contribution in [1.29, 1.82) is 0 Å². The molecule has 2 heteroatoms. The summed E-state index contributed by atoms with van der Waals surface area (Å²) in [6.45, 7) is 8.93. The highest BCUT2D eigenvalue weighted by Gasteiger charge is 2.12. The zero-order valence-corrected chi connectivity index (χ0v) is 11.8. The van der Waals surface area contributed by atoms with E-state index >= 15 is 0 Å². The van der Waals surface area contributed by atoms with Crippen molar-refractivity contribution < 1.29 is 4.74 Å². The van der Waals surface area contributed by atoms with Crippen molar-refractivity contribution in [2.24, 2.45) is 11.8 Å². The second-order valence-electron chi connectivity index (χ2n) is 5.88. The van der Waals surface area contributed by atoms with Gasteiger partial charge in [0.2, 0.25) is 0 Å². The van der Waals surface area contributed by atoms with E-state index in [9.17, 15) is 0 Å². The normalized spacial score (nSPS) is 21.0. The lowest BCUT2D eigenvalue weighted by Crippen LogP contribution is -2.29. The van der Waals surface area contributed by atoms with Crippen LogP contribution in [0.25, 0.3) is 0 Å². The predicted octanol–water partition coefficient (Wildman–Crippen LogP) is 3.61. The molecule has 1 aliphatic rings. The summed E-state index contributed by atoms with van der Waals surface area (Å²) in [6, 6.07) is 0. The lowest BCUT2D eigenvalue weighted by molar-refractivity contribution is 0.0549. The Bertz CT molecular complexity index is 164. The summed E-state index contributed by atoms with van der Waals surface area (Å²) < 4.78 is 5.47. The van der Waals surface area contributed by atoms with Gasteiger partial charge in [-0.2, -0.15) is 0 Å². The van der Waals surface area contributed by atoms with Gasteiger partial charge in [-0.05, 0) is 37.6 Å². The van der Waals surface area contributed by atoms with Gasteiger partial charge in [0.05, 0.1) is 6.61 Å². The van der Waals surface area contributed by atoms with Gasteiger partial charge in [0.1, 0.15) is 0 Å². The van der Waals surface area contributed by atoms with Crippen LogP contribution in [0.5, 0.6) is 0 Å². The van der Waals surface area contributed by atoms with Crippen molar-refractivity contribution >= 4 is 0 Å². The van der Waals surface area contributed by atoms with Crippen LogP contribution < -0.4 is 5.32 Å². The fourth-order valence-electron chi connectivity index (χ4n) is 2.43. The summed E-state index contributed by atoms with van der Waals surface area (Å²) in [7, 11) is 0. The molecule has 17 heavy (non-hydrogen) atoms. The summed E-state index contributed by atoms with van der Waals surface area (Å²) in [5.41, 5.74) is 0. The number of hydrogen-bond donors (Lipinski definition) is 1. The minimum atomic E-state index is 0.768. The van der Waals surface area contributed by atoms with Gasteiger partial charge in [0.25, 0.3) is 0 Å². The van der Waals surface area contributed by atoms with E-state index in [4.69, 9.17) is 4.74 Å². The van der Waals surface area contributed by atoms with E-state index < -0.39 is 0 Å². The van der Waals surface area contributed by atoms with Crippen molar-refractivity contribution in [3.63, 3.8) is 0 Å². The summed E-state index contributed by atoms with van der Waals surface area (Å²) in [4.78, 5) is 0. The molecule has 1 rings (SSSR count). The van der Waals surface area contributed by atoms with Gasteiger partial charge in [-0.3, -0.25) is 0 Å². The lowest BCUT2D eigenvalue weighted by Gasteiger charge is -2.22. The summed E-state index contributed by atoms with van der Waals surface area (Å²) >= 11 is 0. The molecule has 1 N–H and O–H groups in total. The molecule has 0 aromatic rings. The lowest BCUT2D eigenvalue weighted by atomic mass is 10.0. The molecular formula is C15H31NO. The standard InChI is InChI=1S/C15H31NO/c1-14(2)8-5-3-4-6-10-16-12-15-9-7-11-17-13-15/h14-16H,3-13H2,1-2H3. The molecule has 1 saturated heterocycles. The fourth-order valence-corrected chi connectivity index (χ4v) is 2.43. The highest BCUT2D eigenvalue weighted by Crippen LogP contribution is 2.12. The van der Waals surface area contributed by atoms with E-state index in [1.165, 1.54) is 51.5 Å². The van der Waals surface area contributed by atoms with Gasteiger partial charge < -0.3 is 10.1 Å². The molecule has 1 aliphatic heterocycles.